The third-order valence-electron chi connectivity index (χ3n) is 0.326. The summed E-state index contributed by atoms with van der Waals surface area (Å²) >= 11 is 0. The molecule has 0 fully saturated rings. The van der Waals surface area contributed by atoms with E-state index >= 15 is 0 Å². The minimum Gasteiger partial charge on any atom is -0.481 e. The summed E-state index contributed by atoms with van der Waals surface area (Å²) in [5.74, 6) is -0.961. The molecule has 0 saturated heterocycles. The van der Waals surface area contributed by atoms with E-state index in [4.69, 9.17) is 15.5 Å². The van der Waals surface area contributed by atoms with Crippen molar-refractivity contribution >= 4 is 5.97 Å². The number of hydrogen-bond donors (Lipinski definition) is 2. The second-order valence-electron chi connectivity index (χ2n) is 1.09. The monoisotopic (exact) mass is 131 g/mol. The summed E-state index contributed by atoms with van der Waals surface area (Å²) in [6.07, 6.45) is -0.153. The predicted molar refractivity (Wildman–Crippen MR) is 30.6 cm³/mol. The van der Waals surface area contributed by atoms with Gasteiger partial charge in [-0.1, -0.05) is 0 Å². The molecule has 0 spiro atoms. The van der Waals surface area contributed by atoms with E-state index in [1.807, 2.05) is 0 Å². The lowest BCUT2D eigenvalue weighted by Crippen LogP contribution is -1.96. The van der Waals surface area contributed by atoms with Gasteiger partial charge in [-0.2, -0.15) is 5.26 Å². The molecule has 0 aliphatic carbocycles. The molecule has 9 heavy (non-hydrogen) atoms. The average Bonchev–Trinajstić information content (AvgIpc) is 1.67. The lowest BCUT2D eigenvalue weighted by atomic mass is 10.5. The molecule has 0 radical (unpaired) electrons. The van der Waals surface area contributed by atoms with Crippen molar-refractivity contribution in [3.05, 3.63) is 0 Å². The van der Waals surface area contributed by atoms with Gasteiger partial charge in [-0.15, -0.1) is 0 Å². The average molecular weight is 131 g/mol. The molecule has 0 aromatic rings. The van der Waals surface area contributed by atoms with Gasteiger partial charge in [0.25, 0.3) is 0 Å². The maximum Gasteiger partial charge on any atom is 0.305 e. The predicted octanol–water partition coefficient (Wildman–Crippen LogP) is -0.0167. The molecule has 0 aliphatic heterocycles. The van der Waals surface area contributed by atoms with Crippen LogP contribution >= 0.6 is 0 Å². The first-order chi connectivity index (χ1) is 4.18. The Labute approximate surface area is 53.3 Å². The summed E-state index contributed by atoms with van der Waals surface area (Å²) in [6, 6.07) is 1.75. The lowest BCUT2D eigenvalue weighted by molar-refractivity contribution is -0.137. The van der Waals surface area contributed by atoms with Crippen molar-refractivity contribution in [2.75, 3.05) is 6.61 Å². The summed E-state index contributed by atoms with van der Waals surface area (Å²) in [5, 5.41) is 22.9. The molecule has 0 heterocycles. The van der Waals surface area contributed by atoms with Crippen molar-refractivity contribution < 1.29 is 15.0 Å². The van der Waals surface area contributed by atoms with Crippen LogP contribution in [-0.4, -0.2) is 22.8 Å². The highest BCUT2D eigenvalue weighted by Gasteiger charge is 1.88. The molecule has 0 amide bonds. The van der Waals surface area contributed by atoms with E-state index in [2.05, 4.69) is 0 Å². The van der Waals surface area contributed by atoms with Crippen molar-refractivity contribution in [3.8, 4) is 6.07 Å². The van der Waals surface area contributed by atoms with E-state index in [0.29, 0.717) is 0 Å². The van der Waals surface area contributed by atoms with E-state index < -0.39 is 5.97 Å². The summed E-state index contributed by atoms with van der Waals surface area (Å²) in [7, 11) is 0. The van der Waals surface area contributed by atoms with Crippen LogP contribution in [0.1, 0.15) is 13.3 Å². The molecule has 52 valence electrons. The zero-order chi connectivity index (χ0) is 7.70. The first kappa shape index (κ1) is 10.8. The fraction of sp³-hybridized carbons (Fsp3) is 0.600. The van der Waals surface area contributed by atoms with Gasteiger partial charge < -0.3 is 10.2 Å². The van der Waals surface area contributed by atoms with Gasteiger partial charge in [-0.05, 0) is 0 Å². The summed E-state index contributed by atoms with van der Waals surface area (Å²) in [5.41, 5.74) is 0. The molecule has 0 aromatic heterocycles. The van der Waals surface area contributed by atoms with Gasteiger partial charge in [0.1, 0.15) is 0 Å². The number of rotatable bonds is 2. The fourth-order valence-corrected chi connectivity index (χ4v) is 0.0956. The highest BCUT2D eigenvalue weighted by Crippen LogP contribution is 1.70. The standard InChI is InChI=1S/C3H6O3.C2H3N/c4-2-1-3(5)6;1-2-3/h4H,1-2H2,(H,5,6);1H3. The Hall–Kier alpha value is -1.08. The number of aliphatic carboxylic acids is 1. The smallest absolute Gasteiger partial charge is 0.305 e. The van der Waals surface area contributed by atoms with E-state index in [1.165, 1.54) is 6.92 Å². The van der Waals surface area contributed by atoms with E-state index in [9.17, 15) is 4.79 Å². The second-order valence-corrected chi connectivity index (χ2v) is 1.09. The fourth-order valence-electron chi connectivity index (χ4n) is 0.0956. The lowest BCUT2D eigenvalue weighted by Gasteiger charge is -1.79. The third kappa shape index (κ3) is 45.4. The zero-order valence-corrected chi connectivity index (χ0v) is 5.16. The molecule has 0 aliphatic rings. The van der Waals surface area contributed by atoms with Crippen molar-refractivity contribution in [2.24, 2.45) is 0 Å². The van der Waals surface area contributed by atoms with Crippen LogP contribution in [0.25, 0.3) is 0 Å². The maximum atomic E-state index is 9.44. The van der Waals surface area contributed by atoms with Crippen LogP contribution in [0, 0.1) is 11.3 Å². The molecule has 0 unspecified atom stereocenters. The molecule has 0 atom stereocenters. The SMILES string of the molecule is CC#N.O=C(O)CCO. The number of hydrogen-bond acceptors (Lipinski definition) is 3. The number of aliphatic hydroxyl groups is 1. The van der Waals surface area contributed by atoms with Crippen molar-refractivity contribution in [1.82, 2.24) is 0 Å². The first-order valence-electron chi connectivity index (χ1n) is 2.32. The van der Waals surface area contributed by atoms with Crippen LogP contribution in [0.2, 0.25) is 0 Å². The van der Waals surface area contributed by atoms with Crippen LogP contribution in [0.3, 0.4) is 0 Å². The second kappa shape index (κ2) is 10.0. The van der Waals surface area contributed by atoms with Crippen molar-refractivity contribution in [2.45, 2.75) is 13.3 Å². The Bertz CT molecular complexity index is 105. The molecule has 2 N–H and O–H groups in total. The van der Waals surface area contributed by atoms with E-state index in [0.717, 1.165) is 0 Å². The quantitative estimate of drug-likeness (QED) is 0.552. The van der Waals surface area contributed by atoms with Crippen molar-refractivity contribution in [1.29, 1.82) is 5.26 Å². The Balaban J connectivity index is 0. The Morgan fingerprint density at radius 3 is 2.11 bits per heavy atom. The Morgan fingerprint density at radius 1 is 1.78 bits per heavy atom. The minimum atomic E-state index is -0.961. The molecular weight excluding hydrogens is 122 g/mol. The molecular formula is C5H9NO3. The summed E-state index contributed by atoms with van der Waals surface area (Å²) in [4.78, 5) is 9.44. The number of nitrogens with zero attached hydrogens (tertiary/aromatic N) is 1. The van der Waals surface area contributed by atoms with Crippen LogP contribution in [-0.2, 0) is 4.79 Å². The Morgan fingerprint density at radius 2 is 2.11 bits per heavy atom. The third-order valence-corrected chi connectivity index (χ3v) is 0.326. The Kier molecular flexibility index (Phi) is 12.0. The molecule has 0 rings (SSSR count). The van der Waals surface area contributed by atoms with Gasteiger partial charge in [0.05, 0.1) is 19.1 Å². The maximum absolute atomic E-state index is 9.44. The number of carbonyl (C=O) groups is 1. The van der Waals surface area contributed by atoms with Gasteiger partial charge in [0.15, 0.2) is 0 Å². The molecule has 4 nitrogen and oxygen atoms in total. The molecule has 4 heteroatoms. The van der Waals surface area contributed by atoms with Gasteiger partial charge >= 0.3 is 5.97 Å². The molecule has 0 aromatic carbocycles. The van der Waals surface area contributed by atoms with Crippen molar-refractivity contribution in [3.63, 3.8) is 0 Å². The highest BCUT2D eigenvalue weighted by atomic mass is 16.4. The van der Waals surface area contributed by atoms with Gasteiger partial charge in [0.2, 0.25) is 0 Å². The summed E-state index contributed by atoms with van der Waals surface area (Å²) < 4.78 is 0. The number of aliphatic hydroxyl groups excluding tert-OH is 1. The topological polar surface area (TPSA) is 81.3 Å². The normalized spacial score (nSPS) is 6.33. The number of nitriles is 1. The van der Waals surface area contributed by atoms with Crippen LogP contribution in [0.5, 0.6) is 0 Å². The van der Waals surface area contributed by atoms with Gasteiger partial charge in [-0.25, -0.2) is 0 Å². The van der Waals surface area contributed by atoms with Crippen LogP contribution < -0.4 is 0 Å². The molecule has 0 bridgehead atoms. The number of carboxylic acid groups (broad SMARTS) is 1. The van der Waals surface area contributed by atoms with Crippen LogP contribution in [0.4, 0.5) is 0 Å². The van der Waals surface area contributed by atoms with E-state index in [1.54, 1.807) is 6.07 Å². The van der Waals surface area contributed by atoms with Gasteiger partial charge in [-0.3, -0.25) is 4.79 Å². The molecule has 0 saturated carbocycles. The zero-order valence-electron chi connectivity index (χ0n) is 5.16. The summed E-state index contributed by atoms with van der Waals surface area (Å²) in [6.45, 7) is 1.16. The van der Waals surface area contributed by atoms with Crippen LogP contribution in [0.15, 0.2) is 0 Å². The van der Waals surface area contributed by atoms with E-state index in [-0.39, 0.29) is 13.0 Å². The number of carboxylic acids is 1. The van der Waals surface area contributed by atoms with Gasteiger partial charge in [0, 0.05) is 6.92 Å². The highest BCUT2D eigenvalue weighted by molar-refractivity contribution is 5.66. The minimum absolute atomic E-state index is 0.153. The first-order valence-corrected chi connectivity index (χ1v) is 2.32. The largest absolute Gasteiger partial charge is 0.481 e.